The van der Waals surface area contributed by atoms with Gasteiger partial charge >= 0.3 is 0 Å². The van der Waals surface area contributed by atoms with Crippen LogP contribution in [0.5, 0.6) is 0 Å². The van der Waals surface area contributed by atoms with Gasteiger partial charge in [0.25, 0.3) is 0 Å². The third kappa shape index (κ3) is 2.67. The number of hydrogen-bond acceptors (Lipinski definition) is 1. The topological polar surface area (TPSA) is 26.0 Å². The van der Waals surface area contributed by atoms with Crippen LogP contribution in [-0.4, -0.2) is 0 Å². The molecule has 0 aliphatic rings. The Morgan fingerprint density at radius 1 is 1.36 bits per heavy atom. The second kappa shape index (κ2) is 4.14. The Labute approximate surface area is 98.0 Å². The van der Waals surface area contributed by atoms with Crippen molar-refractivity contribution in [3.63, 3.8) is 0 Å². The highest BCUT2D eigenvalue weighted by molar-refractivity contribution is 14.1. The summed E-state index contributed by atoms with van der Waals surface area (Å²) >= 11 is 1.98. The molecule has 0 bridgehead atoms. The Hall–Kier alpha value is -0.160. The predicted molar refractivity (Wildman–Crippen MR) is 65.5 cm³/mol. The summed E-state index contributed by atoms with van der Waals surface area (Å²) in [7, 11) is 0. The van der Waals surface area contributed by atoms with E-state index in [1.165, 1.54) is 6.07 Å². The summed E-state index contributed by atoms with van der Waals surface area (Å²) in [4.78, 5) is 0. The van der Waals surface area contributed by atoms with Crippen molar-refractivity contribution >= 4 is 22.6 Å². The van der Waals surface area contributed by atoms with E-state index in [9.17, 15) is 4.39 Å². The molecule has 0 saturated heterocycles. The van der Waals surface area contributed by atoms with Gasteiger partial charge < -0.3 is 5.73 Å². The maximum Gasteiger partial charge on any atom is 0.136 e. The van der Waals surface area contributed by atoms with Crippen molar-refractivity contribution in [2.24, 2.45) is 11.1 Å². The van der Waals surface area contributed by atoms with Crippen molar-refractivity contribution in [1.82, 2.24) is 0 Å². The summed E-state index contributed by atoms with van der Waals surface area (Å²) in [5, 5.41) is 0. The van der Waals surface area contributed by atoms with Gasteiger partial charge in [0, 0.05) is 9.61 Å². The highest BCUT2D eigenvalue weighted by Gasteiger charge is 2.22. The van der Waals surface area contributed by atoms with Crippen LogP contribution in [0.2, 0.25) is 0 Å². The normalized spacial score (nSPS) is 14.1. The number of hydrogen-bond donors (Lipinski definition) is 1. The van der Waals surface area contributed by atoms with Crippen molar-refractivity contribution in [2.45, 2.75) is 26.8 Å². The Morgan fingerprint density at radius 2 is 1.93 bits per heavy atom. The van der Waals surface area contributed by atoms with Crippen LogP contribution in [0, 0.1) is 14.8 Å². The van der Waals surface area contributed by atoms with Crippen molar-refractivity contribution in [2.75, 3.05) is 0 Å². The minimum Gasteiger partial charge on any atom is -0.324 e. The third-order valence-electron chi connectivity index (χ3n) is 2.24. The molecule has 14 heavy (non-hydrogen) atoms. The molecule has 0 radical (unpaired) electrons. The van der Waals surface area contributed by atoms with E-state index in [1.807, 2.05) is 28.7 Å². The van der Waals surface area contributed by atoms with E-state index in [2.05, 4.69) is 20.8 Å². The number of benzene rings is 1. The van der Waals surface area contributed by atoms with Crippen LogP contribution in [-0.2, 0) is 0 Å². The molecular formula is C11H15FIN. The van der Waals surface area contributed by atoms with E-state index in [0.717, 1.165) is 5.56 Å². The average molecular weight is 307 g/mol. The number of rotatable bonds is 1. The first-order chi connectivity index (χ1) is 6.32. The fourth-order valence-electron chi connectivity index (χ4n) is 1.21. The molecule has 3 heteroatoms. The van der Waals surface area contributed by atoms with Gasteiger partial charge in [-0.2, -0.15) is 0 Å². The molecule has 1 rings (SSSR count). The summed E-state index contributed by atoms with van der Waals surface area (Å²) in [6, 6.07) is 4.98. The van der Waals surface area contributed by atoms with Gasteiger partial charge in [-0.1, -0.05) is 26.8 Å². The molecule has 0 amide bonds. The van der Waals surface area contributed by atoms with Crippen molar-refractivity contribution in [3.05, 3.63) is 33.1 Å². The molecule has 0 saturated carbocycles. The molecule has 1 atom stereocenters. The first kappa shape index (κ1) is 11.9. The van der Waals surface area contributed by atoms with E-state index in [0.29, 0.717) is 3.57 Å². The predicted octanol–water partition coefficient (Wildman–Crippen LogP) is 3.48. The van der Waals surface area contributed by atoms with Crippen LogP contribution >= 0.6 is 22.6 Å². The Kier molecular flexibility index (Phi) is 3.53. The Morgan fingerprint density at radius 3 is 2.36 bits per heavy atom. The summed E-state index contributed by atoms with van der Waals surface area (Å²) in [6.07, 6.45) is 0. The fraction of sp³-hybridized carbons (Fsp3) is 0.455. The van der Waals surface area contributed by atoms with Gasteiger partial charge in [-0.25, -0.2) is 4.39 Å². The molecular weight excluding hydrogens is 292 g/mol. The van der Waals surface area contributed by atoms with Gasteiger partial charge in [0.15, 0.2) is 0 Å². The maximum atomic E-state index is 13.0. The smallest absolute Gasteiger partial charge is 0.136 e. The average Bonchev–Trinajstić information content (AvgIpc) is 2.07. The monoisotopic (exact) mass is 307 g/mol. The molecule has 1 nitrogen and oxygen atoms in total. The van der Waals surface area contributed by atoms with Crippen molar-refractivity contribution in [1.29, 1.82) is 0 Å². The number of nitrogens with two attached hydrogens (primary N) is 1. The van der Waals surface area contributed by atoms with Gasteiger partial charge in [0.05, 0.1) is 0 Å². The standard InChI is InChI=1S/C11H15FIN/c1-11(2,3)10(14)7-4-5-8(12)9(13)6-7/h4-6,10H,14H2,1-3H3/t10-/m0/s1. The SMILES string of the molecule is CC(C)(C)[C@@H](N)c1ccc(F)c(I)c1. The molecule has 1 aromatic rings. The van der Waals surface area contributed by atoms with Crippen molar-refractivity contribution in [3.8, 4) is 0 Å². The molecule has 0 aromatic heterocycles. The van der Waals surface area contributed by atoms with Crippen LogP contribution < -0.4 is 5.73 Å². The summed E-state index contributed by atoms with van der Waals surface area (Å²) in [5.41, 5.74) is 7.06. The zero-order valence-electron chi connectivity index (χ0n) is 8.64. The second-order valence-corrected chi connectivity index (χ2v) is 5.68. The number of halogens is 2. The molecule has 1 aromatic carbocycles. The molecule has 78 valence electrons. The zero-order chi connectivity index (χ0) is 10.9. The highest BCUT2D eigenvalue weighted by Crippen LogP contribution is 2.31. The summed E-state index contributed by atoms with van der Waals surface area (Å²) in [6.45, 7) is 6.23. The molecule has 0 spiro atoms. The lowest BCUT2D eigenvalue weighted by Gasteiger charge is -2.27. The largest absolute Gasteiger partial charge is 0.324 e. The molecule has 0 unspecified atom stereocenters. The van der Waals surface area contributed by atoms with Crippen LogP contribution in [0.1, 0.15) is 32.4 Å². The fourth-order valence-corrected chi connectivity index (χ4v) is 1.75. The van der Waals surface area contributed by atoms with E-state index in [4.69, 9.17) is 5.73 Å². The lowest BCUT2D eigenvalue weighted by atomic mass is 9.83. The second-order valence-electron chi connectivity index (χ2n) is 4.52. The van der Waals surface area contributed by atoms with Crippen LogP contribution in [0.15, 0.2) is 18.2 Å². The first-order valence-electron chi connectivity index (χ1n) is 4.53. The minimum atomic E-state index is -0.185. The maximum absolute atomic E-state index is 13.0. The Bertz CT molecular complexity index is 331. The van der Waals surface area contributed by atoms with E-state index in [-0.39, 0.29) is 17.3 Å². The quantitative estimate of drug-likeness (QED) is 0.790. The van der Waals surface area contributed by atoms with Crippen molar-refractivity contribution < 1.29 is 4.39 Å². The van der Waals surface area contributed by atoms with E-state index >= 15 is 0 Å². The van der Waals surface area contributed by atoms with E-state index in [1.54, 1.807) is 6.07 Å². The van der Waals surface area contributed by atoms with Gasteiger partial charge in [-0.3, -0.25) is 0 Å². The molecule has 2 N–H and O–H groups in total. The lowest BCUT2D eigenvalue weighted by molar-refractivity contribution is 0.326. The molecule has 0 aliphatic heterocycles. The van der Waals surface area contributed by atoms with Gasteiger partial charge in [-0.15, -0.1) is 0 Å². The first-order valence-corrected chi connectivity index (χ1v) is 5.61. The molecule has 0 aliphatic carbocycles. The zero-order valence-corrected chi connectivity index (χ0v) is 10.8. The van der Waals surface area contributed by atoms with Crippen LogP contribution in [0.25, 0.3) is 0 Å². The third-order valence-corrected chi connectivity index (χ3v) is 3.06. The Balaban J connectivity index is 3.03. The van der Waals surface area contributed by atoms with Crippen LogP contribution in [0.4, 0.5) is 4.39 Å². The summed E-state index contributed by atoms with van der Waals surface area (Å²) < 4.78 is 13.6. The van der Waals surface area contributed by atoms with Gasteiger partial charge in [0.2, 0.25) is 0 Å². The lowest BCUT2D eigenvalue weighted by Crippen LogP contribution is -2.26. The summed E-state index contributed by atoms with van der Waals surface area (Å²) in [5.74, 6) is -0.185. The molecule has 0 heterocycles. The minimum absolute atomic E-state index is 0.000902. The van der Waals surface area contributed by atoms with Crippen LogP contribution in [0.3, 0.4) is 0 Å². The van der Waals surface area contributed by atoms with Gasteiger partial charge in [-0.05, 0) is 45.7 Å². The molecule has 0 fully saturated rings. The van der Waals surface area contributed by atoms with E-state index < -0.39 is 0 Å². The highest BCUT2D eigenvalue weighted by atomic mass is 127. The van der Waals surface area contributed by atoms with Gasteiger partial charge in [0.1, 0.15) is 5.82 Å².